The number of nitrogen functional groups attached to an aromatic ring is 1. The SMILES string of the molecule is Cl.Nc1ccc(-c2cnc3c(-c4cccc(NC(=O)NCC(F)(F)F)c4)cnn3c2)cn1. The number of halogens is 4. The zero-order valence-corrected chi connectivity index (χ0v) is 17.1. The highest BCUT2D eigenvalue weighted by Crippen LogP contribution is 2.27. The second kappa shape index (κ2) is 9.10. The maximum atomic E-state index is 12.2. The van der Waals surface area contributed by atoms with Gasteiger partial charge in [-0.1, -0.05) is 12.1 Å². The number of pyridine rings is 1. The summed E-state index contributed by atoms with van der Waals surface area (Å²) in [4.78, 5) is 20.2. The van der Waals surface area contributed by atoms with Gasteiger partial charge in [0.1, 0.15) is 12.4 Å². The number of anilines is 2. The third-order valence-electron chi connectivity index (χ3n) is 4.36. The zero-order valence-electron chi connectivity index (χ0n) is 16.3. The second-order valence-corrected chi connectivity index (χ2v) is 6.64. The Kier molecular flexibility index (Phi) is 6.49. The first kappa shape index (κ1) is 22.8. The molecule has 4 N–H and O–H groups in total. The normalized spacial score (nSPS) is 11.1. The van der Waals surface area contributed by atoms with Crippen molar-refractivity contribution in [3.63, 3.8) is 0 Å². The lowest BCUT2D eigenvalue weighted by Crippen LogP contribution is -2.36. The van der Waals surface area contributed by atoms with E-state index in [9.17, 15) is 18.0 Å². The van der Waals surface area contributed by atoms with Crippen LogP contribution in [0.5, 0.6) is 0 Å². The van der Waals surface area contributed by atoms with Crippen LogP contribution >= 0.6 is 12.4 Å². The van der Waals surface area contributed by atoms with Crippen LogP contribution in [-0.2, 0) is 0 Å². The first-order valence-electron chi connectivity index (χ1n) is 9.06. The van der Waals surface area contributed by atoms with E-state index in [2.05, 4.69) is 20.4 Å². The monoisotopic (exact) mass is 463 g/mol. The van der Waals surface area contributed by atoms with E-state index < -0.39 is 18.8 Å². The van der Waals surface area contributed by atoms with Crippen LogP contribution < -0.4 is 16.4 Å². The number of fused-ring (bicyclic) bond motifs is 1. The van der Waals surface area contributed by atoms with E-state index in [1.54, 1.807) is 65.0 Å². The Morgan fingerprint density at radius 3 is 2.53 bits per heavy atom. The third-order valence-corrected chi connectivity index (χ3v) is 4.36. The minimum atomic E-state index is -4.48. The van der Waals surface area contributed by atoms with E-state index in [-0.39, 0.29) is 12.4 Å². The second-order valence-electron chi connectivity index (χ2n) is 6.64. The number of alkyl halides is 3. The first-order chi connectivity index (χ1) is 14.8. The number of nitrogens with one attached hydrogen (secondary N) is 2. The summed E-state index contributed by atoms with van der Waals surface area (Å²) in [6.07, 6.45) is 2.26. The van der Waals surface area contributed by atoms with E-state index in [4.69, 9.17) is 5.73 Å². The summed E-state index contributed by atoms with van der Waals surface area (Å²) in [7, 11) is 0. The van der Waals surface area contributed by atoms with E-state index in [1.807, 2.05) is 6.07 Å². The summed E-state index contributed by atoms with van der Waals surface area (Å²) in [5, 5.41) is 8.48. The molecule has 0 unspecified atom stereocenters. The number of hydrogen-bond acceptors (Lipinski definition) is 5. The highest BCUT2D eigenvalue weighted by atomic mass is 35.5. The van der Waals surface area contributed by atoms with Gasteiger partial charge in [0.05, 0.1) is 6.20 Å². The van der Waals surface area contributed by atoms with Crippen LogP contribution in [0.4, 0.5) is 29.5 Å². The van der Waals surface area contributed by atoms with Gasteiger partial charge in [0.2, 0.25) is 0 Å². The molecule has 2 amide bonds. The van der Waals surface area contributed by atoms with Gasteiger partial charge in [-0.2, -0.15) is 18.3 Å². The Morgan fingerprint density at radius 2 is 1.81 bits per heavy atom. The van der Waals surface area contributed by atoms with Gasteiger partial charge in [-0.25, -0.2) is 19.3 Å². The number of nitrogens with zero attached hydrogens (tertiary/aromatic N) is 4. The molecule has 0 saturated carbocycles. The molecule has 12 heteroatoms. The van der Waals surface area contributed by atoms with Crippen LogP contribution in [-0.4, -0.2) is 38.3 Å². The number of amides is 2. The van der Waals surface area contributed by atoms with Gasteiger partial charge in [0, 0.05) is 41.0 Å². The summed E-state index contributed by atoms with van der Waals surface area (Å²) in [6.45, 7) is -1.41. The number of aromatic nitrogens is 4. The topological polar surface area (TPSA) is 110 Å². The van der Waals surface area contributed by atoms with E-state index in [1.165, 1.54) is 0 Å². The molecule has 4 aromatic rings. The standard InChI is InChI=1S/C20H16F3N7O.ClH/c21-20(22,23)11-27-19(31)29-15-3-1-2-12(6-15)16-9-28-30-10-14(8-26-18(16)30)13-4-5-17(24)25-7-13;/h1-10H,11H2,(H2,24,25)(H2,27,29,31);1H. The van der Waals surface area contributed by atoms with Gasteiger partial charge >= 0.3 is 12.2 Å². The van der Waals surface area contributed by atoms with Crippen molar-refractivity contribution < 1.29 is 18.0 Å². The Morgan fingerprint density at radius 1 is 1.03 bits per heavy atom. The highest BCUT2D eigenvalue weighted by Gasteiger charge is 2.27. The average molecular weight is 464 g/mol. The lowest BCUT2D eigenvalue weighted by atomic mass is 10.1. The molecular weight excluding hydrogens is 447 g/mol. The van der Waals surface area contributed by atoms with E-state index in [0.29, 0.717) is 28.3 Å². The average Bonchev–Trinajstić information content (AvgIpc) is 3.16. The number of rotatable bonds is 4. The van der Waals surface area contributed by atoms with Crippen LogP contribution in [0, 0.1) is 0 Å². The molecule has 0 spiro atoms. The zero-order chi connectivity index (χ0) is 22.0. The van der Waals surface area contributed by atoms with E-state index in [0.717, 1.165) is 11.1 Å². The van der Waals surface area contributed by atoms with Crippen molar-refractivity contribution in [1.29, 1.82) is 0 Å². The molecule has 0 aliphatic heterocycles. The van der Waals surface area contributed by atoms with Crippen LogP contribution in [0.25, 0.3) is 27.9 Å². The molecule has 0 aliphatic rings. The van der Waals surface area contributed by atoms with Crippen LogP contribution in [0.15, 0.2) is 61.2 Å². The van der Waals surface area contributed by atoms with Gasteiger partial charge in [-0.05, 0) is 29.8 Å². The molecule has 1 aromatic carbocycles. The number of hydrogen-bond donors (Lipinski definition) is 3. The van der Waals surface area contributed by atoms with Crippen molar-refractivity contribution >= 4 is 35.6 Å². The lowest BCUT2D eigenvalue weighted by molar-refractivity contribution is -0.122. The summed E-state index contributed by atoms with van der Waals surface area (Å²) in [6, 6.07) is 9.23. The molecule has 0 atom stereocenters. The van der Waals surface area contributed by atoms with Crippen molar-refractivity contribution in [2.75, 3.05) is 17.6 Å². The minimum Gasteiger partial charge on any atom is -0.384 e. The van der Waals surface area contributed by atoms with Crippen molar-refractivity contribution in [1.82, 2.24) is 24.9 Å². The van der Waals surface area contributed by atoms with Crippen molar-refractivity contribution in [3.8, 4) is 22.3 Å². The molecule has 8 nitrogen and oxygen atoms in total. The quantitative estimate of drug-likeness (QED) is 0.421. The predicted molar refractivity (Wildman–Crippen MR) is 116 cm³/mol. The van der Waals surface area contributed by atoms with Gasteiger partial charge < -0.3 is 16.4 Å². The predicted octanol–water partition coefficient (Wildman–Crippen LogP) is 4.15. The molecule has 0 aliphatic carbocycles. The maximum Gasteiger partial charge on any atom is 0.405 e. The summed E-state index contributed by atoms with van der Waals surface area (Å²) < 4.78 is 38.3. The Labute approximate surface area is 186 Å². The number of carbonyl (C=O) groups is 1. The number of carbonyl (C=O) groups excluding carboxylic acids is 1. The Hall–Kier alpha value is -3.86. The number of urea groups is 1. The fourth-order valence-electron chi connectivity index (χ4n) is 2.92. The maximum absolute atomic E-state index is 12.2. The van der Waals surface area contributed by atoms with Crippen molar-refractivity contribution in [3.05, 3.63) is 61.2 Å². The van der Waals surface area contributed by atoms with Crippen LogP contribution in [0.2, 0.25) is 0 Å². The minimum absolute atomic E-state index is 0. The molecule has 166 valence electrons. The largest absolute Gasteiger partial charge is 0.405 e. The van der Waals surface area contributed by atoms with Gasteiger partial charge in [-0.3, -0.25) is 0 Å². The number of benzene rings is 1. The summed E-state index contributed by atoms with van der Waals surface area (Å²) in [5.41, 5.74) is 9.54. The highest BCUT2D eigenvalue weighted by molar-refractivity contribution is 5.90. The molecule has 0 bridgehead atoms. The number of nitrogens with two attached hydrogens (primary N) is 1. The third kappa shape index (κ3) is 5.24. The summed E-state index contributed by atoms with van der Waals surface area (Å²) >= 11 is 0. The van der Waals surface area contributed by atoms with Gasteiger partial charge in [-0.15, -0.1) is 12.4 Å². The van der Waals surface area contributed by atoms with Gasteiger partial charge in [0.15, 0.2) is 5.65 Å². The Balaban J connectivity index is 0.00000289. The summed E-state index contributed by atoms with van der Waals surface area (Å²) in [5.74, 6) is 0.416. The smallest absolute Gasteiger partial charge is 0.384 e. The van der Waals surface area contributed by atoms with Crippen LogP contribution in [0.3, 0.4) is 0 Å². The lowest BCUT2D eigenvalue weighted by Gasteiger charge is -2.10. The molecular formula is C20H17ClF3N7O. The fraction of sp³-hybridized carbons (Fsp3) is 0.100. The van der Waals surface area contributed by atoms with Gasteiger partial charge in [0.25, 0.3) is 0 Å². The van der Waals surface area contributed by atoms with E-state index >= 15 is 0 Å². The first-order valence-corrected chi connectivity index (χ1v) is 9.06. The molecule has 4 rings (SSSR count). The molecule has 0 radical (unpaired) electrons. The van der Waals surface area contributed by atoms with Crippen molar-refractivity contribution in [2.24, 2.45) is 0 Å². The Bertz CT molecular complexity index is 1240. The molecule has 3 aromatic heterocycles. The fourth-order valence-corrected chi connectivity index (χ4v) is 2.92. The molecule has 32 heavy (non-hydrogen) atoms. The molecule has 0 saturated heterocycles. The van der Waals surface area contributed by atoms with Crippen LogP contribution in [0.1, 0.15) is 0 Å². The molecule has 0 fully saturated rings. The van der Waals surface area contributed by atoms with Crippen molar-refractivity contribution in [2.45, 2.75) is 6.18 Å². The molecule has 3 heterocycles.